The molecular weight excluding hydrogens is 238 g/mol. The summed E-state index contributed by atoms with van der Waals surface area (Å²) in [6, 6.07) is 0. The van der Waals surface area contributed by atoms with Gasteiger partial charge < -0.3 is 10.1 Å². The minimum atomic E-state index is -0.154. The Labute approximate surface area is 106 Å². The van der Waals surface area contributed by atoms with E-state index in [1.165, 1.54) is 7.11 Å². The molecule has 0 aliphatic heterocycles. The summed E-state index contributed by atoms with van der Waals surface area (Å²) in [6.45, 7) is 4.04. The lowest BCUT2D eigenvalue weighted by molar-refractivity contribution is -0.141. The molecule has 96 valence electrons. The first-order valence-electron chi connectivity index (χ1n) is 5.64. The van der Waals surface area contributed by atoms with Gasteiger partial charge in [-0.3, -0.25) is 9.59 Å². The van der Waals surface area contributed by atoms with Crippen molar-refractivity contribution in [3.8, 4) is 0 Å². The maximum Gasteiger partial charge on any atom is 0.306 e. The van der Waals surface area contributed by atoms with E-state index >= 15 is 0 Å². The SMILES string of the molecule is C=CCNC(=O)CSCC1(CC(=O)OC)CC1. The van der Waals surface area contributed by atoms with Gasteiger partial charge in [-0.25, -0.2) is 0 Å². The number of amides is 1. The number of hydrogen-bond donors (Lipinski definition) is 1. The molecule has 0 saturated heterocycles. The van der Waals surface area contributed by atoms with E-state index in [1.807, 2.05) is 0 Å². The third kappa shape index (κ3) is 5.26. The van der Waals surface area contributed by atoms with E-state index in [4.69, 9.17) is 0 Å². The first-order valence-corrected chi connectivity index (χ1v) is 6.79. The molecule has 1 N–H and O–H groups in total. The fourth-order valence-electron chi connectivity index (χ4n) is 1.52. The number of ether oxygens (including phenoxy) is 1. The van der Waals surface area contributed by atoms with Crippen LogP contribution in [0.5, 0.6) is 0 Å². The molecule has 0 unspecified atom stereocenters. The summed E-state index contributed by atoms with van der Waals surface area (Å²) in [5.41, 5.74) is 0.0937. The Morgan fingerprint density at radius 1 is 1.53 bits per heavy atom. The van der Waals surface area contributed by atoms with E-state index in [9.17, 15) is 9.59 Å². The van der Waals surface area contributed by atoms with Crippen LogP contribution in [0, 0.1) is 5.41 Å². The lowest BCUT2D eigenvalue weighted by Crippen LogP contribution is -2.25. The summed E-state index contributed by atoms with van der Waals surface area (Å²) in [5.74, 6) is 1.16. The van der Waals surface area contributed by atoms with Gasteiger partial charge in [0, 0.05) is 6.54 Å². The summed E-state index contributed by atoms with van der Waals surface area (Å²) in [5, 5.41) is 2.72. The summed E-state index contributed by atoms with van der Waals surface area (Å²) in [7, 11) is 1.41. The number of esters is 1. The molecule has 0 spiro atoms. The van der Waals surface area contributed by atoms with Crippen molar-refractivity contribution in [1.29, 1.82) is 0 Å². The largest absolute Gasteiger partial charge is 0.469 e. The van der Waals surface area contributed by atoms with Crippen molar-refractivity contribution in [2.45, 2.75) is 19.3 Å². The van der Waals surface area contributed by atoms with Crippen LogP contribution in [-0.4, -0.2) is 37.0 Å². The van der Waals surface area contributed by atoms with Gasteiger partial charge in [0.05, 0.1) is 19.3 Å². The molecular formula is C12H19NO3S. The average molecular weight is 257 g/mol. The number of methoxy groups -OCH3 is 1. The van der Waals surface area contributed by atoms with Gasteiger partial charge in [-0.1, -0.05) is 6.08 Å². The van der Waals surface area contributed by atoms with E-state index < -0.39 is 0 Å². The summed E-state index contributed by atoms with van der Waals surface area (Å²) in [4.78, 5) is 22.5. The average Bonchev–Trinajstić information content (AvgIpc) is 3.06. The predicted molar refractivity (Wildman–Crippen MR) is 68.8 cm³/mol. The van der Waals surface area contributed by atoms with Gasteiger partial charge in [-0.15, -0.1) is 6.58 Å². The number of hydrogen-bond acceptors (Lipinski definition) is 4. The third-order valence-electron chi connectivity index (χ3n) is 2.79. The smallest absolute Gasteiger partial charge is 0.306 e. The molecule has 1 aliphatic rings. The minimum Gasteiger partial charge on any atom is -0.469 e. The maximum atomic E-state index is 11.3. The third-order valence-corrected chi connectivity index (χ3v) is 4.07. The molecule has 0 heterocycles. The lowest BCUT2D eigenvalue weighted by atomic mass is 10.1. The molecule has 0 radical (unpaired) electrons. The number of thioether (sulfide) groups is 1. The van der Waals surface area contributed by atoms with Crippen LogP contribution >= 0.6 is 11.8 Å². The molecule has 1 aliphatic carbocycles. The zero-order valence-corrected chi connectivity index (χ0v) is 11.0. The van der Waals surface area contributed by atoms with Gasteiger partial charge in [-0.05, 0) is 24.0 Å². The van der Waals surface area contributed by atoms with Crippen LogP contribution in [0.4, 0.5) is 0 Å². The highest BCUT2D eigenvalue weighted by Crippen LogP contribution is 2.51. The molecule has 0 aromatic heterocycles. The Morgan fingerprint density at radius 3 is 2.76 bits per heavy atom. The van der Waals surface area contributed by atoms with Crippen LogP contribution in [0.1, 0.15) is 19.3 Å². The van der Waals surface area contributed by atoms with Crippen LogP contribution in [0.3, 0.4) is 0 Å². The highest BCUT2D eigenvalue weighted by atomic mass is 32.2. The topological polar surface area (TPSA) is 55.4 Å². The summed E-state index contributed by atoms with van der Waals surface area (Å²) < 4.78 is 4.67. The van der Waals surface area contributed by atoms with Gasteiger partial charge in [0.25, 0.3) is 0 Å². The van der Waals surface area contributed by atoms with Crippen LogP contribution < -0.4 is 5.32 Å². The van der Waals surface area contributed by atoms with E-state index in [1.54, 1.807) is 17.8 Å². The number of carbonyl (C=O) groups excluding carboxylic acids is 2. The van der Waals surface area contributed by atoms with E-state index in [2.05, 4.69) is 16.6 Å². The Kier molecular flexibility index (Phi) is 5.55. The molecule has 1 fully saturated rings. The number of rotatable bonds is 8. The maximum absolute atomic E-state index is 11.3. The fourth-order valence-corrected chi connectivity index (χ4v) is 2.74. The van der Waals surface area contributed by atoms with Gasteiger partial charge >= 0.3 is 5.97 Å². The molecule has 1 saturated carbocycles. The van der Waals surface area contributed by atoms with E-state index in [-0.39, 0.29) is 17.3 Å². The Morgan fingerprint density at radius 2 is 2.24 bits per heavy atom. The van der Waals surface area contributed by atoms with Gasteiger partial charge in [0.15, 0.2) is 0 Å². The molecule has 4 nitrogen and oxygen atoms in total. The molecule has 1 amide bonds. The molecule has 17 heavy (non-hydrogen) atoms. The lowest BCUT2D eigenvalue weighted by Gasteiger charge is -2.12. The number of nitrogens with one attached hydrogen (secondary N) is 1. The van der Waals surface area contributed by atoms with Gasteiger partial charge in [0.2, 0.25) is 5.91 Å². The number of carbonyl (C=O) groups is 2. The second kappa shape index (κ2) is 6.69. The standard InChI is InChI=1S/C12H19NO3S/c1-3-6-13-10(14)8-17-9-12(4-5-12)7-11(15)16-2/h3H,1,4-9H2,2H3,(H,13,14). The second-order valence-corrected chi connectivity index (χ2v) is 5.32. The normalized spacial score (nSPS) is 16.1. The fraction of sp³-hybridized carbons (Fsp3) is 0.667. The molecule has 0 atom stereocenters. The molecule has 0 aromatic rings. The zero-order chi connectivity index (χ0) is 12.7. The zero-order valence-electron chi connectivity index (χ0n) is 10.2. The van der Waals surface area contributed by atoms with E-state index in [0.717, 1.165) is 18.6 Å². The van der Waals surface area contributed by atoms with Gasteiger partial charge in [-0.2, -0.15) is 11.8 Å². The molecule has 5 heteroatoms. The quantitative estimate of drug-likeness (QED) is 0.527. The Hall–Kier alpha value is -0.970. The van der Waals surface area contributed by atoms with Crippen molar-refractivity contribution in [3.63, 3.8) is 0 Å². The molecule has 1 rings (SSSR count). The van der Waals surface area contributed by atoms with Crippen LogP contribution in [0.2, 0.25) is 0 Å². The second-order valence-electron chi connectivity index (χ2n) is 4.34. The van der Waals surface area contributed by atoms with Crippen molar-refractivity contribution >= 4 is 23.6 Å². The highest BCUT2D eigenvalue weighted by Gasteiger charge is 2.44. The molecule has 0 aromatic carbocycles. The molecule has 0 bridgehead atoms. The van der Waals surface area contributed by atoms with Crippen LogP contribution in [0.25, 0.3) is 0 Å². The summed E-state index contributed by atoms with van der Waals surface area (Å²) >= 11 is 1.58. The first kappa shape index (κ1) is 14.1. The van der Waals surface area contributed by atoms with Crippen molar-refractivity contribution < 1.29 is 14.3 Å². The van der Waals surface area contributed by atoms with Crippen molar-refractivity contribution in [1.82, 2.24) is 5.32 Å². The van der Waals surface area contributed by atoms with Gasteiger partial charge in [0.1, 0.15) is 0 Å². The predicted octanol–water partition coefficient (Wildman–Crippen LogP) is 1.37. The monoisotopic (exact) mass is 257 g/mol. The van der Waals surface area contributed by atoms with Crippen molar-refractivity contribution in [3.05, 3.63) is 12.7 Å². The van der Waals surface area contributed by atoms with Crippen LogP contribution in [-0.2, 0) is 14.3 Å². The highest BCUT2D eigenvalue weighted by molar-refractivity contribution is 7.99. The van der Waals surface area contributed by atoms with Crippen molar-refractivity contribution in [2.75, 3.05) is 25.2 Å². The minimum absolute atomic E-state index is 0.0174. The van der Waals surface area contributed by atoms with E-state index in [0.29, 0.717) is 18.7 Å². The van der Waals surface area contributed by atoms with Crippen molar-refractivity contribution in [2.24, 2.45) is 5.41 Å². The Bertz CT molecular complexity index is 300. The first-order chi connectivity index (χ1) is 8.12. The Balaban J connectivity index is 2.15. The van der Waals surface area contributed by atoms with Crippen LogP contribution in [0.15, 0.2) is 12.7 Å². The summed E-state index contributed by atoms with van der Waals surface area (Å²) in [6.07, 6.45) is 4.25.